The van der Waals surface area contributed by atoms with Gasteiger partial charge in [-0.2, -0.15) is 0 Å². The van der Waals surface area contributed by atoms with Crippen LogP contribution in [0.25, 0.3) is 10.8 Å². The van der Waals surface area contributed by atoms with E-state index < -0.39 is 0 Å². The van der Waals surface area contributed by atoms with Crippen molar-refractivity contribution in [2.45, 2.75) is 31.7 Å². The van der Waals surface area contributed by atoms with Gasteiger partial charge in [0.05, 0.1) is 0 Å². The van der Waals surface area contributed by atoms with Crippen molar-refractivity contribution in [3.63, 3.8) is 0 Å². The van der Waals surface area contributed by atoms with E-state index in [4.69, 9.17) is 0 Å². The fraction of sp³-hybridized carbons (Fsp3) is 0.438. The van der Waals surface area contributed by atoms with Gasteiger partial charge in [-0.1, -0.05) is 18.6 Å². The van der Waals surface area contributed by atoms with Gasteiger partial charge in [0.15, 0.2) is 0 Å². The molecule has 1 heterocycles. The van der Waals surface area contributed by atoms with Crippen LogP contribution in [0.5, 0.6) is 0 Å². The molecule has 2 heteroatoms. The second-order valence-electron chi connectivity index (χ2n) is 5.83. The minimum Gasteiger partial charge on any atom is -0.381 e. The van der Waals surface area contributed by atoms with Crippen LogP contribution < -0.4 is 5.32 Å². The molecular formula is C16H18N2. The Hall–Kier alpha value is -1.57. The highest BCUT2D eigenvalue weighted by molar-refractivity contribution is 5.93. The number of rotatable bonds is 2. The van der Waals surface area contributed by atoms with Gasteiger partial charge in [-0.3, -0.25) is 4.98 Å². The standard InChI is InChI=1S/C16H18N2/c1-2-12-6-7-17-10-14(12)15(3-1)18-16-9-11-4-5-13(16)8-11/h1-3,6-7,10-11,13,16,18H,4-5,8-9H2. The van der Waals surface area contributed by atoms with E-state index in [-0.39, 0.29) is 0 Å². The summed E-state index contributed by atoms with van der Waals surface area (Å²) in [5.74, 6) is 1.89. The van der Waals surface area contributed by atoms with Gasteiger partial charge in [0.2, 0.25) is 0 Å². The Kier molecular flexibility index (Phi) is 2.29. The third-order valence-corrected chi connectivity index (χ3v) is 4.76. The summed E-state index contributed by atoms with van der Waals surface area (Å²) < 4.78 is 0. The largest absolute Gasteiger partial charge is 0.381 e. The first-order chi connectivity index (χ1) is 8.90. The number of nitrogens with one attached hydrogen (secondary N) is 1. The number of nitrogens with zero attached hydrogens (tertiary/aromatic N) is 1. The zero-order valence-electron chi connectivity index (χ0n) is 10.5. The molecule has 0 saturated heterocycles. The van der Waals surface area contributed by atoms with Crippen LogP contribution in [0.4, 0.5) is 5.69 Å². The van der Waals surface area contributed by atoms with Crippen LogP contribution >= 0.6 is 0 Å². The first-order valence-electron chi connectivity index (χ1n) is 6.99. The molecule has 0 spiro atoms. The van der Waals surface area contributed by atoms with Crippen molar-refractivity contribution in [2.75, 3.05) is 5.32 Å². The summed E-state index contributed by atoms with van der Waals surface area (Å²) in [6.45, 7) is 0. The van der Waals surface area contributed by atoms with Gasteiger partial charge < -0.3 is 5.32 Å². The van der Waals surface area contributed by atoms with Crippen LogP contribution in [0.15, 0.2) is 36.7 Å². The molecule has 18 heavy (non-hydrogen) atoms. The second-order valence-corrected chi connectivity index (χ2v) is 5.83. The number of hydrogen-bond donors (Lipinski definition) is 1. The Morgan fingerprint density at radius 2 is 2.11 bits per heavy atom. The van der Waals surface area contributed by atoms with E-state index in [1.807, 2.05) is 12.4 Å². The number of anilines is 1. The number of fused-ring (bicyclic) bond motifs is 3. The van der Waals surface area contributed by atoms with E-state index in [9.17, 15) is 0 Å². The van der Waals surface area contributed by atoms with E-state index in [0.717, 1.165) is 11.8 Å². The highest BCUT2D eigenvalue weighted by atomic mass is 14.9. The van der Waals surface area contributed by atoms with Crippen molar-refractivity contribution < 1.29 is 0 Å². The summed E-state index contributed by atoms with van der Waals surface area (Å²) in [6, 6.07) is 9.26. The van der Waals surface area contributed by atoms with Crippen LogP contribution in [0.3, 0.4) is 0 Å². The molecule has 2 bridgehead atoms. The molecule has 1 aromatic carbocycles. The van der Waals surface area contributed by atoms with E-state index in [1.165, 1.54) is 42.1 Å². The molecule has 1 N–H and O–H groups in total. The van der Waals surface area contributed by atoms with Crippen LogP contribution in [0, 0.1) is 11.8 Å². The average molecular weight is 238 g/mol. The Labute approximate surface area is 107 Å². The summed E-state index contributed by atoms with van der Waals surface area (Å²) in [5, 5.41) is 6.30. The highest BCUT2D eigenvalue weighted by Crippen LogP contribution is 2.45. The van der Waals surface area contributed by atoms with Crippen molar-refractivity contribution in [3.05, 3.63) is 36.7 Å². The van der Waals surface area contributed by atoms with Crippen LogP contribution in [0.1, 0.15) is 25.7 Å². The second kappa shape index (κ2) is 3.98. The minimum absolute atomic E-state index is 0.689. The van der Waals surface area contributed by atoms with Gasteiger partial charge in [-0.25, -0.2) is 0 Å². The summed E-state index contributed by atoms with van der Waals surface area (Å²) in [5.41, 5.74) is 1.26. The van der Waals surface area contributed by atoms with E-state index in [2.05, 4.69) is 34.6 Å². The zero-order chi connectivity index (χ0) is 11.9. The first-order valence-corrected chi connectivity index (χ1v) is 6.99. The molecule has 0 radical (unpaired) electrons. The number of hydrogen-bond acceptors (Lipinski definition) is 2. The predicted octanol–water partition coefficient (Wildman–Crippen LogP) is 3.84. The van der Waals surface area contributed by atoms with E-state index in [0.29, 0.717) is 6.04 Å². The topological polar surface area (TPSA) is 24.9 Å². The molecule has 92 valence electrons. The molecular weight excluding hydrogens is 220 g/mol. The summed E-state index contributed by atoms with van der Waals surface area (Å²) in [7, 11) is 0. The summed E-state index contributed by atoms with van der Waals surface area (Å²) >= 11 is 0. The maximum Gasteiger partial charge on any atom is 0.0437 e. The molecule has 3 unspecified atom stereocenters. The third-order valence-electron chi connectivity index (χ3n) is 4.76. The molecule has 2 aromatic rings. The zero-order valence-corrected chi connectivity index (χ0v) is 10.5. The average Bonchev–Trinajstić information content (AvgIpc) is 3.01. The smallest absolute Gasteiger partial charge is 0.0437 e. The Morgan fingerprint density at radius 3 is 2.94 bits per heavy atom. The van der Waals surface area contributed by atoms with Gasteiger partial charge in [-0.05, 0) is 48.6 Å². The predicted molar refractivity (Wildman–Crippen MR) is 74.6 cm³/mol. The van der Waals surface area contributed by atoms with Crippen molar-refractivity contribution in [3.8, 4) is 0 Å². The van der Waals surface area contributed by atoms with Crippen molar-refractivity contribution in [2.24, 2.45) is 11.8 Å². The summed E-state index contributed by atoms with van der Waals surface area (Å²) in [4.78, 5) is 4.26. The normalized spacial score (nSPS) is 29.9. The van der Waals surface area contributed by atoms with Gasteiger partial charge in [0.1, 0.15) is 0 Å². The lowest BCUT2D eigenvalue weighted by Gasteiger charge is -2.24. The Bertz CT molecular complexity index is 573. The third kappa shape index (κ3) is 1.59. The number of pyridine rings is 1. The maximum atomic E-state index is 4.26. The first kappa shape index (κ1) is 10.4. The van der Waals surface area contributed by atoms with Crippen molar-refractivity contribution in [1.29, 1.82) is 0 Å². The number of benzene rings is 1. The lowest BCUT2D eigenvalue weighted by Crippen LogP contribution is -2.25. The fourth-order valence-corrected chi connectivity index (χ4v) is 3.86. The van der Waals surface area contributed by atoms with Crippen molar-refractivity contribution >= 4 is 16.5 Å². The van der Waals surface area contributed by atoms with E-state index >= 15 is 0 Å². The van der Waals surface area contributed by atoms with Crippen LogP contribution in [-0.2, 0) is 0 Å². The molecule has 2 aliphatic carbocycles. The lowest BCUT2D eigenvalue weighted by molar-refractivity contribution is 0.440. The molecule has 2 nitrogen and oxygen atoms in total. The quantitative estimate of drug-likeness (QED) is 0.860. The molecule has 3 atom stereocenters. The van der Waals surface area contributed by atoms with E-state index in [1.54, 1.807) is 0 Å². The maximum absolute atomic E-state index is 4.26. The van der Waals surface area contributed by atoms with Crippen LogP contribution in [-0.4, -0.2) is 11.0 Å². The van der Waals surface area contributed by atoms with Crippen LogP contribution in [0.2, 0.25) is 0 Å². The van der Waals surface area contributed by atoms with Gasteiger partial charge in [0.25, 0.3) is 0 Å². The van der Waals surface area contributed by atoms with Gasteiger partial charge in [-0.15, -0.1) is 0 Å². The Balaban J connectivity index is 1.67. The molecule has 0 amide bonds. The molecule has 2 aliphatic rings. The molecule has 1 aromatic heterocycles. The number of aromatic nitrogens is 1. The van der Waals surface area contributed by atoms with Gasteiger partial charge in [0, 0.05) is 29.5 Å². The highest BCUT2D eigenvalue weighted by Gasteiger charge is 2.39. The monoisotopic (exact) mass is 238 g/mol. The molecule has 2 fully saturated rings. The lowest BCUT2D eigenvalue weighted by atomic mass is 9.95. The molecule has 0 aliphatic heterocycles. The Morgan fingerprint density at radius 1 is 1.11 bits per heavy atom. The summed E-state index contributed by atoms with van der Waals surface area (Å²) in [6.07, 6.45) is 9.53. The van der Waals surface area contributed by atoms with Crippen molar-refractivity contribution in [1.82, 2.24) is 4.98 Å². The SMILES string of the molecule is c1cc(NC2CC3CCC2C3)c2cnccc2c1. The van der Waals surface area contributed by atoms with Gasteiger partial charge >= 0.3 is 0 Å². The molecule has 4 rings (SSSR count). The molecule has 2 saturated carbocycles. The fourth-order valence-electron chi connectivity index (χ4n) is 3.86. The minimum atomic E-state index is 0.689.